The minimum Gasteiger partial charge on any atom is -0.379 e. The van der Waals surface area contributed by atoms with Gasteiger partial charge >= 0.3 is 0 Å². The standard InChI is InChI=1S/C19H21BrN2O4S/c20-18-7-5-15(6-8-18)19(23)21-13-16-3-1-2-4-17(16)14-27(24,25)22-9-11-26-12-10-22/h1-8H,9-14H2,(H,21,23). The number of amides is 1. The molecule has 1 amide bonds. The zero-order chi connectivity index (χ0) is 19.3. The first-order valence-electron chi connectivity index (χ1n) is 8.62. The molecule has 0 spiro atoms. The van der Waals surface area contributed by atoms with E-state index in [1.54, 1.807) is 30.3 Å². The van der Waals surface area contributed by atoms with Crippen molar-refractivity contribution >= 4 is 31.9 Å². The normalized spacial score (nSPS) is 15.4. The fourth-order valence-electron chi connectivity index (χ4n) is 2.86. The van der Waals surface area contributed by atoms with Gasteiger partial charge in [0.15, 0.2) is 0 Å². The summed E-state index contributed by atoms with van der Waals surface area (Å²) in [6.07, 6.45) is 0. The maximum atomic E-state index is 12.7. The SMILES string of the molecule is O=C(NCc1ccccc1CS(=O)(=O)N1CCOCC1)c1ccc(Br)cc1. The number of benzene rings is 2. The Morgan fingerprint density at radius 3 is 2.33 bits per heavy atom. The van der Waals surface area contributed by atoms with E-state index >= 15 is 0 Å². The van der Waals surface area contributed by atoms with Crippen LogP contribution in [0.2, 0.25) is 0 Å². The number of halogens is 1. The lowest BCUT2D eigenvalue weighted by molar-refractivity contribution is 0.0729. The molecule has 1 aliphatic heterocycles. The topological polar surface area (TPSA) is 75.7 Å². The van der Waals surface area contributed by atoms with Crippen LogP contribution in [-0.2, 0) is 27.1 Å². The van der Waals surface area contributed by atoms with E-state index in [0.717, 1.165) is 10.0 Å². The van der Waals surface area contributed by atoms with Gasteiger partial charge in [0.25, 0.3) is 5.91 Å². The van der Waals surface area contributed by atoms with Crippen LogP contribution in [0.4, 0.5) is 0 Å². The average molecular weight is 453 g/mol. The molecule has 0 saturated carbocycles. The minimum atomic E-state index is -3.42. The first-order chi connectivity index (χ1) is 13.0. The maximum absolute atomic E-state index is 12.7. The van der Waals surface area contributed by atoms with Gasteiger partial charge in [-0.3, -0.25) is 4.79 Å². The molecule has 0 unspecified atom stereocenters. The second kappa shape index (κ2) is 8.97. The van der Waals surface area contributed by atoms with Crippen molar-refractivity contribution in [2.45, 2.75) is 12.3 Å². The molecular weight excluding hydrogens is 432 g/mol. The lowest BCUT2D eigenvalue weighted by atomic mass is 10.1. The number of sulfonamides is 1. The molecule has 6 nitrogen and oxygen atoms in total. The molecule has 1 heterocycles. The van der Waals surface area contributed by atoms with Gasteiger partial charge in [-0.05, 0) is 35.4 Å². The Labute approximate surface area is 167 Å². The lowest BCUT2D eigenvalue weighted by Gasteiger charge is -2.26. The van der Waals surface area contributed by atoms with Gasteiger partial charge in [0, 0.05) is 29.7 Å². The molecule has 1 fully saturated rings. The van der Waals surface area contributed by atoms with Crippen molar-refractivity contribution in [3.05, 3.63) is 69.7 Å². The lowest BCUT2D eigenvalue weighted by Crippen LogP contribution is -2.41. The van der Waals surface area contributed by atoms with Crippen LogP contribution in [0.25, 0.3) is 0 Å². The quantitative estimate of drug-likeness (QED) is 0.730. The fourth-order valence-corrected chi connectivity index (χ4v) is 4.69. The molecule has 0 bridgehead atoms. The fraction of sp³-hybridized carbons (Fsp3) is 0.316. The zero-order valence-electron chi connectivity index (χ0n) is 14.7. The van der Waals surface area contributed by atoms with E-state index in [-0.39, 0.29) is 18.2 Å². The molecule has 27 heavy (non-hydrogen) atoms. The van der Waals surface area contributed by atoms with Crippen molar-refractivity contribution in [3.8, 4) is 0 Å². The van der Waals surface area contributed by atoms with Gasteiger partial charge in [-0.2, -0.15) is 4.31 Å². The van der Waals surface area contributed by atoms with Crippen LogP contribution >= 0.6 is 15.9 Å². The van der Waals surface area contributed by atoms with E-state index in [2.05, 4.69) is 21.2 Å². The summed E-state index contributed by atoms with van der Waals surface area (Å²) in [4.78, 5) is 12.3. The van der Waals surface area contributed by atoms with Crippen molar-refractivity contribution < 1.29 is 17.9 Å². The third kappa shape index (κ3) is 5.38. The van der Waals surface area contributed by atoms with E-state index in [0.29, 0.717) is 37.4 Å². The van der Waals surface area contributed by atoms with Crippen molar-refractivity contribution in [3.63, 3.8) is 0 Å². The summed E-state index contributed by atoms with van der Waals surface area (Å²) in [6.45, 7) is 1.87. The van der Waals surface area contributed by atoms with E-state index in [1.165, 1.54) is 4.31 Å². The summed E-state index contributed by atoms with van der Waals surface area (Å²) in [5.41, 5.74) is 2.04. The second-order valence-corrected chi connectivity index (χ2v) is 9.11. The number of hydrogen-bond donors (Lipinski definition) is 1. The third-order valence-electron chi connectivity index (χ3n) is 4.37. The van der Waals surface area contributed by atoms with Gasteiger partial charge in [0.05, 0.1) is 19.0 Å². The van der Waals surface area contributed by atoms with Crippen LogP contribution in [0.15, 0.2) is 53.0 Å². The highest BCUT2D eigenvalue weighted by Gasteiger charge is 2.25. The Hall–Kier alpha value is -1.74. The van der Waals surface area contributed by atoms with Gasteiger partial charge in [-0.1, -0.05) is 40.2 Å². The molecular formula is C19H21BrN2O4S. The van der Waals surface area contributed by atoms with Crippen molar-refractivity contribution in [1.82, 2.24) is 9.62 Å². The van der Waals surface area contributed by atoms with Crippen LogP contribution in [-0.4, -0.2) is 44.9 Å². The number of hydrogen-bond acceptors (Lipinski definition) is 4. The molecule has 1 saturated heterocycles. The minimum absolute atomic E-state index is 0.0860. The Balaban J connectivity index is 1.68. The highest BCUT2D eigenvalue weighted by molar-refractivity contribution is 9.10. The average Bonchev–Trinajstić information content (AvgIpc) is 2.68. The Morgan fingerprint density at radius 1 is 1.04 bits per heavy atom. The number of rotatable bonds is 6. The molecule has 2 aromatic carbocycles. The summed E-state index contributed by atoms with van der Waals surface area (Å²) in [7, 11) is -3.42. The van der Waals surface area contributed by atoms with Gasteiger partial charge < -0.3 is 10.1 Å². The van der Waals surface area contributed by atoms with Crippen LogP contribution in [0.1, 0.15) is 21.5 Å². The number of ether oxygens (including phenoxy) is 1. The molecule has 144 valence electrons. The molecule has 0 aromatic heterocycles. The van der Waals surface area contributed by atoms with Crippen LogP contribution in [0.3, 0.4) is 0 Å². The molecule has 8 heteroatoms. The smallest absolute Gasteiger partial charge is 0.251 e. The van der Waals surface area contributed by atoms with Crippen molar-refractivity contribution in [1.29, 1.82) is 0 Å². The first-order valence-corrected chi connectivity index (χ1v) is 11.0. The Bertz CT molecular complexity index is 894. The largest absolute Gasteiger partial charge is 0.379 e. The predicted octanol–water partition coefficient (Wildman–Crippen LogP) is 2.54. The molecule has 3 rings (SSSR count). The van der Waals surface area contributed by atoms with Crippen LogP contribution in [0.5, 0.6) is 0 Å². The number of carbonyl (C=O) groups is 1. The summed E-state index contributed by atoms with van der Waals surface area (Å²) >= 11 is 3.34. The van der Waals surface area contributed by atoms with E-state index in [1.807, 2.05) is 18.2 Å². The molecule has 0 radical (unpaired) electrons. The molecule has 1 aliphatic rings. The van der Waals surface area contributed by atoms with E-state index in [9.17, 15) is 13.2 Å². The molecule has 0 atom stereocenters. The van der Waals surface area contributed by atoms with Gasteiger partial charge in [0.2, 0.25) is 10.0 Å². The third-order valence-corrected chi connectivity index (χ3v) is 6.72. The number of nitrogens with zero attached hydrogens (tertiary/aromatic N) is 1. The maximum Gasteiger partial charge on any atom is 0.251 e. The summed E-state index contributed by atoms with van der Waals surface area (Å²) in [5.74, 6) is -0.287. The van der Waals surface area contributed by atoms with E-state index < -0.39 is 10.0 Å². The number of carbonyl (C=O) groups excluding carboxylic acids is 1. The Kier molecular flexibility index (Phi) is 6.64. The summed E-state index contributed by atoms with van der Waals surface area (Å²) in [5, 5.41) is 2.86. The molecule has 0 aliphatic carbocycles. The molecule has 2 aromatic rings. The summed E-state index contributed by atoms with van der Waals surface area (Å²) in [6, 6.07) is 14.3. The monoisotopic (exact) mass is 452 g/mol. The zero-order valence-corrected chi connectivity index (χ0v) is 17.1. The highest BCUT2D eigenvalue weighted by atomic mass is 79.9. The van der Waals surface area contributed by atoms with Crippen molar-refractivity contribution in [2.75, 3.05) is 26.3 Å². The first kappa shape index (κ1) is 20.0. The second-order valence-electron chi connectivity index (χ2n) is 6.23. The Morgan fingerprint density at radius 2 is 1.67 bits per heavy atom. The molecule has 1 N–H and O–H groups in total. The highest BCUT2D eigenvalue weighted by Crippen LogP contribution is 2.17. The predicted molar refractivity (Wildman–Crippen MR) is 107 cm³/mol. The van der Waals surface area contributed by atoms with Crippen LogP contribution < -0.4 is 5.32 Å². The summed E-state index contributed by atoms with van der Waals surface area (Å²) < 4.78 is 32.9. The van der Waals surface area contributed by atoms with Gasteiger partial charge in [-0.25, -0.2) is 8.42 Å². The number of morpholine rings is 1. The number of nitrogens with one attached hydrogen (secondary N) is 1. The van der Waals surface area contributed by atoms with E-state index in [4.69, 9.17) is 4.74 Å². The van der Waals surface area contributed by atoms with Crippen molar-refractivity contribution in [2.24, 2.45) is 0 Å². The van der Waals surface area contributed by atoms with Gasteiger partial charge in [-0.15, -0.1) is 0 Å². The van der Waals surface area contributed by atoms with Gasteiger partial charge in [0.1, 0.15) is 0 Å². The van der Waals surface area contributed by atoms with Crippen LogP contribution in [0, 0.1) is 0 Å².